The summed E-state index contributed by atoms with van der Waals surface area (Å²) in [7, 11) is 1.79. The van der Waals surface area contributed by atoms with Crippen LogP contribution in [0.4, 0.5) is 0 Å². The van der Waals surface area contributed by atoms with Crippen LogP contribution in [-0.4, -0.2) is 26.2 Å². The summed E-state index contributed by atoms with van der Waals surface area (Å²) in [4.78, 5) is 5.01. The average Bonchev–Trinajstić information content (AvgIpc) is 2.41. The van der Waals surface area contributed by atoms with Gasteiger partial charge in [0.15, 0.2) is 0 Å². The van der Waals surface area contributed by atoms with Gasteiger partial charge in [0.2, 0.25) is 0 Å². The highest BCUT2D eigenvalue weighted by Crippen LogP contribution is 2.07. The SMILES string of the molecule is CNOCCC1CCCN1. The van der Waals surface area contributed by atoms with Gasteiger partial charge in [0.25, 0.3) is 0 Å². The zero-order valence-corrected chi connectivity index (χ0v) is 6.52. The molecule has 3 nitrogen and oxygen atoms in total. The minimum atomic E-state index is 0.702. The number of hydroxylamine groups is 1. The van der Waals surface area contributed by atoms with E-state index in [1.807, 2.05) is 0 Å². The molecule has 0 aromatic rings. The first-order chi connectivity index (χ1) is 4.93. The van der Waals surface area contributed by atoms with Crippen molar-refractivity contribution in [2.75, 3.05) is 20.2 Å². The Hall–Kier alpha value is -0.120. The highest BCUT2D eigenvalue weighted by Gasteiger charge is 2.12. The lowest BCUT2D eigenvalue weighted by molar-refractivity contribution is 0.0522. The number of hydrogen-bond donors (Lipinski definition) is 2. The summed E-state index contributed by atoms with van der Waals surface area (Å²) in [6.45, 7) is 2.00. The van der Waals surface area contributed by atoms with E-state index in [9.17, 15) is 0 Å². The third kappa shape index (κ3) is 2.64. The van der Waals surface area contributed by atoms with Crippen molar-refractivity contribution in [3.8, 4) is 0 Å². The van der Waals surface area contributed by atoms with E-state index < -0.39 is 0 Å². The molecular weight excluding hydrogens is 128 g/mol. The number of hydrogen-bond acceptors (Lipinski definition) is 3. The van der Waals surface area contributed by atoms with Crippen LogP contribution in [0, 0.1) is 0 Å². The number of rotatable bonds is 4. The first kappa shape index (κ1) is 7.98. The van der Waals surface area contributed by atoms with Crippen LogP contribution in [0.2, 0.25) is 0 Å². The molecule has 1 fully saturated rings. The molecule has 0 aromatic carbocycles. The molecule has 0 aromatic heterocycles. The van der Waals surface area contributed by atoms with E-state index in [4.69, 9.17) is 4.84 Å². The van der Waals surface area contributed by atoms with Crippen LogP contribution in [0.3, 0.4) is 0 Å². The minimum Gasteiger partial charge on any atom is -0.314 e. The zero-order chi connectivity index (χ0) is 7.23. The molecule has 3 heteroatoms. The first-order valence-corrected chi connectivity index (χ1v) is 3.95. The van der Waals surface area contributed by atoms with Crippen molar-refractivity contribution in [3.05, 3.63) is 0 Å². The molecular formula is C7H16N2O. The second kappa shape index (κ2) is 4.66. The fourth-order valence-corrected chi connectivity index (χ4v) is 1.31. The Balaban J connectivity index is 1.91. The van der Waals surface area contributed by atoms with E-state index in [2.05, 4.69) is 10.8 Å². The van der Waals surface area contributed by atoms with Gasteiger partial charge in [-0.1, -0.05) is 0 Å². The van der Waals surface area contributed by atoms with Gasteiger partial charge in [-0.05, 0) is 25.8 Å². The monoisotopic (exact) mass is 144 g/mol. The standard InChI is InChI=1S/C7H16N2O/c1-8-10-6-4-7-3-2-5-9-7/h7-9H,2-6H2,1H3. The second-order valence-electron chi connectivity index (χ2n) is 2.63. The largest absolute Gasteiger partial charge is 0.314 e. The van der Waals surface area contributed by atoms with Crippen molar-refractivity contribution >= 4 is 0 Å². The normalized spacial score (nSPS) is 25.5. The fourth-order valence-electron chi connectivity index (χ4n) is 1.31. The highest BCUT2D eigenvalue weighted by molar-refractivity contribution is 4.73. The maximum atomic E-state index is 5.01. The van der Waals surface area contributed by atoms with Gasteiger partial charge < -0.3 is 10.2 Å². The van der Waals surface area contributed by atoms with Crippen molar-refractivity contribution < 1.29 is 4.84 Å². The predicted octanol–water partition coefficient (Wildman–Crippen LogP) is 0.279. The highest BCUT2D eigenvalue weighted by atomic mass is 16.6. The van der Waals surface area contributed by atoms with E-state index in [0.29, 0.717) is 6.04 Å². The molecule has 0 saturated carbocycles. The van der Waals surface area contributed by atoms with Gasteiger partial charge >= 0.3 is 0 Å². The Labute approximate surface area is 62.1 Å². The van der Waals surface area contributed by atoms with Crippen molar-refractivity contribution in [2.24, 2.45) is 0 Å². The smallest absolute Gasteiger partial charge is 0.0696 e. The molecule has 0 aliphatic carbocycles. The fraction of sp³-hybridized carbons (Fsp3) is 1.00. The van der Waals surface area contributed by atoms with Crippen LogP contribution in [0.15, 0.2) is 0 Å². The molecule has 0 spiro atoms. The van der Waals surface area contributed by atoms with Crippen LogP contribution < -0.4 is 10.8 Å². The second-order valence-corrected chi connectivity index (χ2v) is 2.63. The van der Waals surface area contributed by atoms with Gasteiger partial charge in [0.05, 0.1) is 6.61 Å². The molecule has 1 atom stereocenters. The van der Waals surface area contributed by atoms with Crippen molar-refractivity contribution in [2.45, 2.75) is 25.3 Å². The van der Waals surface area contributed by atoms with E-state index in [1.54, 1.807) is 7.05 Å². The summed E-state index contributed by atoms with van der Waals surface area (Å²) in [5, 5.41) is 3.41. The Morgan fingerprint density at radius 3 is 3.20 bits per heavy atom. The third-order valence-electron chi connectivity index (χ3n) is 1.88. The Bertz CT molecular complexity index is 81.7. The molecule has 1 heterocycles. The molecule has 1 saturated heterocycles. The maximum Gasteiger partial charge on any atom is 0.0696 e. The first-order valence-electron chi connectivity index (χ1n) is 3.95. The summed E-state index contributed by atoms with van der Waals surface area (Å²) in [5.41, 5.74) is 2.66. The van der Waals surface area contributed by atoms with Crippen LogP contribution in [0.1, 0.15) is 19.3 Å². The van der Waals surface area contributed by atoms with Gasteiger partial charge in [-0.2, -0.15) is 0 Å². The van der Waals surface area contributed by atoms with E-state index in [-0.39, 0.29) is 0 Å². The molecule has 1 unspecified atom stereocenters. The van der Waals surface area contributed by atoms with E-state index in [0.717, 1.165) is 13.0 Å². The Morgan fingerprint density at radius 2 is 2.60 bits per heavy atom. The summed E-state index contributed by atoms with van der Waals surface area (Å²) < 4.78 is 0. The van der Waals surface area contributed by atoms with Crippen molar-refractivity contribution in [1.82, 2.24) is 10.8 Å². The molecule has 1 aliphatic heterocycles. The molecule has 2 N–H and O–H groups in total. The van der Waals surface area contributed by atoms with Gasteiger partial charge in [0.1, 0.15) is 0 Å². The Kier molecular flexibility index (Phi) is 3.72. The quantitative estimate of drug-likeness (QED) is 0.439. The molecule has 0 amide bonds. The summed E-state index contributed by atoms with van der Waals surface area (Å²) >= 11 is 0. The van der Waals surface area contributed by atoms with Crippen molar-refractivity contribution in [1.29, 1.82) is 0 Å². The third-order valence-corrected chi connectivity index (χ3v) is 1.88. The average molecular weight is 144 g/mol. The van der Waals surface area contributed by atoms with Crippen LogP contribution in [0.5, 0.6) is 0 Å². The minimum absolute atomic E-state index is 0.702. The maximum absolute atomic E-state index is 5.01. The van der Waals surface area contributed by atoms with E-state index in [1.165, 1.54) is 19.4 Å². The number of nitrogens with one attached hydrogen (secondary N) is 2. The lowest BCUT2D eigenvalue weighted by Gasteiger charge is -2.08. The summed E-state index contributed by atoms with van der Waals surface area (Å²) in [6, 6.07) is 0.702. The van der Waals surface area contributed by atoms with Crippen molar-refractivity contribution in [3.63, 3.8) is 0 Å². The topological polar surface area (TPSA) is 33.3 Å². The molecule has 0 radical (unpaired) electrons. The summed E-state index contributed by atoms with van der Waals surface area (Å²) in [6.07, 6.45) is 3.76. The van der Waals surface area contributed by atoms with Gasteiger partial charge in [0, 0.05) is 13.1 Å². The Morgan fingerprint density at radius 1 is 1.70 bits per heavy atom. The van der Waals surface area contributed by atoms with Crippen LogP contribution in [-0.2, 0) is 4.84 Å². The molecule has 60 valence electrons. The van der Waals surface area contributed by atoms with Gasteiger partial charge in [-0.3, -0.25) is 0 Å². The van der Waals surface area contributed by atoms with E-state index >= 15 is 0 Å². The lowest BCUT2D eigenvalue weighted by Crippen LogP contribution is -2.24. The van der Waals surface area contributed by atoms with Gasteiger partial charge in [-0.25, -0.2) is 5.48 Å². The van der Waals surface area contributed by atoms with Crippen LogP contribution >= 0.6 is 0 Å². The van der Waals surface area contributed by atoms with Gasteiger partial charge in [-0.15, -0.1) is 0 Å². The zero-order valence-electron chi connectivity index (χ0n) is 6.52. The molecule has 1 aliphatic rings. The molecule has 0 bridgehead atoms. The predicted molar refractivity (Wildman–Crippen MR) is 40.7 cm³/mol. The molecule has 10 heavy (non-hydrogen) atoms. The van der Waals surface area contributed by atoms with Crippen LogP contribution in [0.25, 0.3) is 0 Å². The summed E-state index contributed by atoms with van der Waals surface area (Å²) in [5.74, 6) is 0. The molecule has 1 rings (SSSR count). The lowest BCUT2D eigenvalue weighted by atomic mass is 10.2.